The topological polar surface area (TPSA) is 67.9 Å². The molecule has 1 heterocycles. The van der Waals surface area contributed by atoms with Gasteiger partial charge in [-0.3, -0.25) is 15.0 Å². The highest BCUT2D eigenvalue weighted by Gasteiger charge is 2.34. The molecule has 2 amide bonds. The van der Waals surface area contributed by atoms with Crippen molar-refractivity contribution in [1.29, 1.82) is 0 Å². The molecule has 0 saturated carbocycles. The minimum Gasteiger partial charge on any atom is -0.493 e. The van der Waals surface area contributed by atoms with Gasteiger partial charge in [0.1, 0.15) is 10.6 Å². The van der Waals surface area contributed by atoms with E-state index in [1.165, 1.54) is 25.3 Å². The Morgan fingerprint density at radius 3 is 2.46 bits per heavy atom. The van der Waals surface area contributed by atoms with Crippen LogP contribution >= 0.6 is 27.5 Å². The lowest BCUT2D eigenvalue weighted by Crippen LogP contribution is -2.35. The largest absolute Gasteiger partial charge is 0.493 e. The highest BCUT2D eigenvalue weighted by atomic mass is 79.9. The van der Waals surface area contributed by atoms with Gasteiger partial charge in [0, 0.05) is 4.47 Å². The van der Waals surface area contributed by atoms with Crippen molar-refractivity contribution in [3.8, 4) is 11.5 Å². The monoisotopic (exact) mass is 436 g/mol. The van der Waals surface area contributed by atoms with Gasteiger partial charge in [-0.25, -0.2) is 5.01 Å². The van der Waals surface area contributed by atoms with Crippen molar-refractivity contribution >= 4 is 51.1 Å². The molecule has 1 aliphatic heterocycles. The summed E-state index contributed by atoms with van der Waals surface area (Å²) in [4.78, 5) is 25.0. The van der Waals surface area contributed by atoms with Crippen molar-refractivity contribution in [2.24, 2.45) is 0 Å². The SMILES string of the molecule is COc1cc(/C=C2/C(=O)NN(c3ccccc3)C2=O)c(Br)c(Cl)c1OC. The molecule has 3 rings (SSSR count). The molecule has 1 saturated heterocycles. The molecule has 6 nitrogen and oxygen atoms in total. The van der Waals surface area contributed by atoms with Gasteiger partial charge in [0.05, 0.1) is 19.9 Å². The lowest BCUT2D eigenvalue weighted by Gasteiger charge is -2.14. The first-order chi connectivity index (χ1) is 12.5. The second-order valence-corrected chi connectivity index (χ2v) is 6.48. The summed E-state index contributed by atoms with van der Waals surface area (Å²) in [6.45, 7) is 0. The summed E-state index contributed by atoms with van der Waals surface area (Å²) in [6.07, 6.45) is 1.46. The number of ether oxygens (including phenoxy) is 2. The maximum atomic E-state index is 12.7. The quantitative estimate of drug-likeness (QED) is 0.586. The van der Waals surface area contributed by atoms with Gasteiger partial charge in [-0.05, 0) is 45.8 Å². The number of hydrogen-bond acceptors (Lipinski definition) is 4. The van der Waals surface area contributed by atoms with E-state index in [2.05, 4.69) is 21.4 Å². The molecule has 134 valence electrons. The summed E-state index contributed by atoms with van der Waals surface area (Å²) < 4.78 is 11.0. The first kappa shape index (κ1) is 18.3. The van der Waals surface area contributed by atoms with Crippen molar-refractivity contribution in [2.75, 3.05) is 19.2 Å². The number of hydrazine groups is 1. The third-order valence-electron chi connectivity index (χ3n) is 3.79. The van der Waals surface area contributed by atoms with Crippen LogP contribution in [0.1, 0.15) is 5.56 Å². The molecular formula is C18H14BrClN2O4. The lowest BCUT2D eigenvalue weighted by molar-refractivity contribution is -0.117. The summed E-state index contributed by atoms with van der Waals surface area (Å²) in [5.41, 5.74) is 3.62. The van der Waals surface area contributed by atoms with Crippen molar-refractivity contribution in [1.82, 2.24) is 5.43 Å². The highest BCUT2D eigenvalue weighted by Crippen LogP contribution is 2.43. The fourth-order valence-corrected chi connectivity index (χ4v) is 3.21. The third kappa shape index (κ3) is 3.15. The summed E-state index contributed by atoms with van der Waals surface area (Å²) in [5.74, 6) is -0.217. The number of hydrogen-bond donors (Lipinski definition) is 1. The number of amides is 2. The van der Waals surface area contributed by atoms with Crippen LogP contribution in [-0.4, -0.2) is 26.0 Å². The summed E-state index contributed by atoms with van der Waals surface area (Å²) in [5, 5.41) is 1.48. The van der Waals surface area contributed by atoms with Gasteiger partial charge in [-0.15, -0.1) is 0 Å². The Morgan fingerprint density at radius 1 is 1.15 bits per heavy atom. The van der Waals surface area contributed by atoms with Crippen LogP contribution in [0, 0.1) is 0 Å². The Hall–Kier alpha value is -2.51. The van der Waals surface area contributed by atoms with Crippen LogP contribution in [0.5, 0.6) is 11.5 Å². The number of para-hydroxylation sites is 1. The average molecular weight is 438 g/mol. The molecule has 2 aromatic rings. The molecular weight excluding hydrogens is 424 g/mol. The van der Waals surface area contributed by atoms with E-state index in [0.717, 1.165) is 0 Å². The molecule has 26 heavy (non-hydrogen) atoms. The second-order valence-electron chi connectivity index (χ2n) is 5.30. The highest BCUT2D eigenvalue weighted by molar-refractivity contribution is 9.10. The number of carbonyl (C=O) groups excluding carboxylic acids is 2. The van der Waals surface area contributed by atoms with Gasteiger partial charge in [0.2, 0.25) is 0 Å². The zero-order chi connectivity index (χ0) is 18.8. The maximum Gasteiger partial charge on any atom is 0.282 e. The van der Waals surface area contributed by atoms with Gasteiger partial charge in [-0.2, -0.15) is 0 Å². The lowest BCUT2D eigenvalue weighted by atomic mass is 10.1. The van der Waals surface area contributed by atoms with Crippen LogP contribution in [-0.2, 0) is 9.59 Å². The standard InChI is InChI=1S/C18H14BrClN2O4/c1-25-13-9-10(14(19)15(20)16(13)26-2)8-12-17(23)21-22(18(12)24)11-6-4-3-5-7-11/h3-9H,1-2H3,(H,21,23)/b12-8-. The maximum absolute atomic E-state index is 12.7. The normalized spacial score (nSPS) is 15.4. The molecule has 0 aromatic heterocycles. The molecule has 0 aliphatic carbocycles. The molecule has 2 aromatic carbocycles. The molecule has 1 aliphatic rings. The minimum atomic E-state index is -0.503. The third-order valence-corrected chi connectivity index (χ3v) is 5.23. The molecule has 1 fully saturated rings. The van der Waals surface area contributed by atoms with Crippen LogP contribution in [0.3, 0.4) is 0 Å². The minimum absolute atomic E-state index is 0.0159. The Bertz CT molecular complexity index is 915. The Balaban J connectivity index is 2.04. The number of methoxy groups -OCH3 is 2. The Labute approximate surface area is 163 Å². The predicted octanol–water partition coefficient (Wildman–Crippen LogP) is 3.58. The van der Waals surface area contributed by atoms with E-state index in [4.69, 9.17) is 21.1 Å². The van der Waals surface area contributed by atoms with E-state index in [1.54, 1.807) is 30.3 Å². The average Bonchev–Trinajstić information content (AvgIpc) is 2.94. The Morgan fingerprint density at radius 2 is 1.85 bits per heavy atom. The van der Waals surface area contributed by atoms with Gasteiger partial charge in [0.15, 0.2) is 11.5 Å². The fourth-order valence-electron chi connectivity index (χ4n) is 2.52. The zero-order valence-electron chi connectivity index (χ0n) is 13.9. The predicted molar refractivity (Wildman–Crippen MR) is 102 cm³/mol. The molecule has 0 spiro atoms. The van der Waals surface area contributed by atoms with E-state index in [1.807, 2.05) is 6.07 Å². The van der Waals surface area contributed by atoms with Crippen molar-refractivity contribution < 1.29 is 19.1 Å². The first-order valence-electron chi connectivity index (χ1n) is 7.50. The molecule has 0 bridgehead atoms. The zero-order valence-corrected chi connectivity index (χ0v) is 16.2. The van der Waals surface area contributed by atoms with Gasteiger partial charge >= 0.3 is 0 Å². The number of rotatable bonds is 4. The van der Waals surface area contributed by atoms with E-state index in [0.29, 0.717) is 27.2 Å². The van der Waals surface area contributed by atoms with Crippen molar-refractivity contribution in [3.63, 3.8) is 0 Å². The van der Waals surface area contributed by atoms with E-state index in [-0.39, 0.29) is 10.6 Å². The van der Waals surface area contributed by atoms with E-state index < -0.39 is 11.8 Å². The van der Waals surface area contributed by atoms with Crippen LogP contribution in [0.15, 0.2) is 46.4 Å². The summed E-state index contributed by atoms with van der Waals surface area (Å²) in [7, 11) is 2.95. The number of anilines is 1. The first-order valence-corrected chi connectivity index (χ1v) is 8.67. The van der Waals surface area contributed by atoms with Gasteiger partial charge in [0.25, 0.3) is 11.8 Å². The molecule has 0 radical (unpaired) electrons. The Kier molecular flexibility index (Phi) is 5.20. The van der Waals surface area contributed by atoms with Crippen LogP contribution in [0.4, 0.5) is 5.69 Å². The molecule has 8 heteroatoms. The molecule has 1 N–H and O–H groups in total. The van der Waals surface area contributed by atoms with Crippen LogP contribution in [0.25, 0.3) is 6.08 Å². The van der Waals surface area contributed by atoms with Crippen molar-refractivity contribution in [2.45, 2.75) is 0 Å². The summed E-state index contributed by atoms with van der Waals surface area (Å²) >= 11 is 9.66. The van der Waals surface area contributed by atoms with E-state index >= 15 is 0 Å². The number of nitrogens with zero attached hydrogens (tertiary/aromatic N) is 1. The van der Waals surface area contributed by atoms with E-state index in [9.17, 15) is 9.59 Å². The van der Waals surface area contributed by atoms with Crippen molar-refractivity contribution in [3.05, 3.63) is 57.0 Å². The number of nitrogens with one attached hydrogen (secondary N) is 1. The summed E-state index contributed by atoms with van der Waals surface area (Å²) in [6, 6.07) is 10.5. The number of benzene rings is 2. The van der Waals surface area contributed by atoms with Crippen LogP contribution < -0.4 is 19.9 Å². The number of halogens is 2. The van der Waals surface area contributed by atoms with Gasteiger partial charge in [-0.1, -0.05) is 29.8 Å². The smallest absolute Gasteiger partial charge is 0.282 e. The fraction of sp³-hybridized carbons (Fsp3) is 0.111. The second kappa shape index (κ2) is 7.39. The molecule has 0 atom stereocenters. The number of carbonyl (C=O) groups is 2. The van der Waals surface area contributed by atoms with Gasteiger partial charge < -0.3 is 9.47 Å². The molecule has 0 unspecified atom stereocenters. The van der Waals surface area contributed by atoms with Crippen LogP contribution in [0.2, 0.25) is 5.02 Å².